The minimum absolute atomic E-state index is 0.0548. The number of piperidine rings is 1. The summed E-state index contributed by atoms with van der Waals surface area (Å²) in [6, 6.07) is 15.1. The summed E-state index contributed by atoms with van der Waals surface area (Å²) >= 11 is 0. The van der Waals surface area contributed by atoms with Gasteiger partial charge in [0.1, 0.15) is 0 Å². The molecule has 2 aromatic rings. The van der Waals surface area contributed by atoms with Crippen molar-refractivity contribution < 1.29 is 4.79 Å². The minimum Gasteiger partial charge on any atom is -0.349 e. The van der Waals surface area contributed by atoms with Gasteiger partial charge in [0.2, 0.25) is 5.91 Å². The van der Waals surface area contributed by atoms with E-state index in [4.69, 9.17) is 0 Å². The monoisotopic (exact) mass is 364 g/mol. The maximum atomic E-state index is 12.8. The summed E-state index contributed by atoms with van der Waals surface area (Å²) in [5, 5.41) is 3.26. The summed E-state index contributed by atoms with van der Waals surface area (Å²) in [4.78, 5) is 15.2. The molecule has 1 atom stereocenters. The Bertz CT molecular complexity index is 776. The van der Waals surface area contributed by atoms with Gasteiger partial charge >= 0.3 is 0 Å². The van der Waals surface area contributed by atoms with Crippen molar-refractivity contribution in [1.82, 2.24) is 10.2 Å². The molecule has 0 radical (unpaired) electrons. The molecule has 1 fully saturated rings. The van der Waals surface area contributed by atoms with Crippen LogP contribution in [-0.2, 0) is 11.3 Å². The van der Waals surface area contributed by atoms with Crippen molar-refractivity contribution >= 4 is 5.91 Å². The van der Waals surface area contributed by atoms with Crippen LogP contribution in [0.1, 0.15) is 53.6 Å². The highest BCUT2D eigenvalue weighted by molar-refractivity contribution is 5.79. The summed E-state index contributed by atoms with van der Waals surface area (Å²) in [7, 11) is 0. The summed E-state index contributed by atoms with van der Waals surface area (Å²) in [6.45, 7) is 11.5. The second kappa shape index (κ2) is 8.71. The zero-order chi connectivity index (χ0) is 19.4. The van der Waals surface area contributed by atoms with Crippen molar-refractivity contribution in [3.63, 3.8) is 0 Å². The lowest BCUT2D eigenvalue weighted by Crippen LogP contribution is -2.41. The molecule has 3 heteroatoms. The molecule has 1 saturated heterocycles. The number of nitrogens with zero attached hydrogens (tertiary/aromatic N) is 1. The topological polar surface area (TPSA) is 32.3 Å². The normalized spacial score (nSPS) is 16.9. The predicted octanol–water partition coefficient (Wildman–Crippen LogP) is 4.70. The first kappa shape index (κ1) is 19.6. The molecule has 1 aliphatic rings. The summed E-state index contributed by atoms with van der Waals surface area (Å²) in [6.07, 6.45) is 1.88. The van der Waals surface area contributed by atoms with Gasteiger partial charge in [0.15, 0.2) is 0 Å². The van der Waals surface area contributed by atoms with E-state index in [9.17, 15) is 4.79 Å². The molecule has 3 nitrogen and oxygen atoms in total. The zero-order valence-electron chi connectivity index (χ0n) is 17.1. The third-order valence-electron chi connectivity index (χ3n) is 5.92. The van der Waals surface area contributed by atoms with E-state index in [1.807, 2.05) is 0 Å². The molecule has 2 aromatic carbocycles. The van der Waals surface area contributed by atoms with E-state index in [1.54, 1.807) is 0 Å². The number of carbonyl (C=O) groups is 1. The van der Waals surface area contributed by atoms with Gasteiger partial charge in [0.25, 0.3) is 0 Å². The van der Waals surface area contributed by atoms with Crippen LogP contribution in [0, 0.1) is 26.7 Å². The molecule has 1 heterocycles. The van der Waals surface area contributed by atoms with E-state index in [1.165, 1.54) is 27.8 Å². The van der Waals surface area contributed by atoms with Gasteiger partial charge in [-0.3, -0.25) is 9.69 Å². The Hall–Kier alpha value is -2.13. The first-order valence-corrected chi connectivity index (χ1v) is 10.1. The van der Waals surface area contributed by atoms with Gasteiger partial charge in [-0.15, -0.1) is 0 Å². The van der Waals surface area contributed by atoms with Crippen LogP contribution in [0.25, 0.3) is 0 Å². The molecule has 0 spiro atoms. The van der Waals surface area contributed by atoms with Gasteiger partial charge in [0.05, 0.1) is 6.04 Å². The number of likely N-dealkylation sites (tertiary alicyclic amines) is 1. The fraction of sp³-hybridized carbons (Fsp3) is 0.458. The van der Waals surface area contributed by atoms with Crippen LogP contribution in [0.4, 0.5) is 0 Å². The number of amides is 1. The van der Waals surface area contributed by atoms with E-state index in [2.05, 4.69) is 80.4 Å². The standard InChI is InChI=1S/C24H32N2O/c1-17-14-19(3)23(15-18(17)2)20(4)25-24(27)22-10-12-26(13-11-22)16-21-8-6-5-7-9-21/h5-9,14-15,20,22H,10-13,16H2,1-4H3,(H,25,27). The maximum Gasteiger partial charge on any atom is 0.223 e. The highest BCUT2D eigenvalue weighted by Crippen LogP contribution is 2.24. The van der Waals surface area contributed by atoms with Crippen molar-refractivity contribution in [2.75, 3.05) is 13.1 Å². The van der Waals surface area contributed by atoms with E-state index in [0.29, 0.717) is 0 Å². The molecular formula is C24H32N2O. The number of carbonyl (C=O) groups excluding carboxylic acids is 1. The Labute approximate surface area is 163 Å². The SMILES string of the molecule is Cc1cc(C)c(C(C)NC(=O)C2CCN(Cc3ccccc3)CC2)cc1C. The minimum atomic E-state index is 0.0548. The van der Waals surface area contributed by atoms with Crippen molar-refractivity contribution in [1.29, 1.82) is 0 Å². The lowest BCUT2D eigenvalue weighted by atomic mass is 9.93. The van der Waals surface area contributed by atoms with Gasteiger partial charge in [-0.25, -0.2) is 0 Å². The molecule has 144 valence electrons. The van der Waals surface area contributed by atoms with Crippen LogP contribution in [0.3, 0.4) is 0 Å². The second-order valence-electron chi connectivity index (χ2n) is 8.06. The summed E-state index contributed by atoms with van der Waals surface area (Å²) in [5.41, 5.74) is 6.42. The molecule has 1 unspecified atom stereocenters. The second-order valence-corrected chi connectivity index (χ2v) is 8.06. The molecule has 0 aromatic heterocycles. The molecule has 1 N–H and O–H groups in total. The van der Waals surface area contributed by atoms with Crippen LogP contribution in [0.2, 0.25) is 0 Å². The van der Waals surface area contributed by atoms with Crippen molar-refractivity contribution in [3.05, 3.63) is 70.3 Å². The predicted molar refractivity (Wildman–Crippen MR) is 112 cm³/mol. The Morgan fingerprint density at radius 3 is 2.33 bits per heavy atom. The quantitative estimate of drug-likeness (QED) is 0.834. The Morgan fingerprint density at radius 1 is 1.04 bits per heavy atom. The van der Waals surface area contributed by atoms with Crippen LogP contribution in [0.15, 0.2) is 42.5 Å². The van der Waals surface area contributed by atoms with Gasteiger partial charge in [-0.05, 0) is 81.4 Å². The summed E-state index contributed by atoms with van der Waals surface area (Å²) in [5.74, 6) is 0.339. The third kappa shape index (κ3) is 4.98. The highest BCUT2D eigenvalue weighted by atomic mass is 16.1. The van der Waals surface area contributed by atoms with Crippen LogP contribution >= 0.6 is 0 Å². The third-order valence-corrected chi connectivity index (χ3v) is 5.92. The molecule has 3 rings (SSSR count). The Balaban J connectivity index is 1.53. The van der Waals surface area contributed by atoms with Gasteiger partial charge < -0.3 is 5.32 Å². The molecule has 1 amide bonds. The lowest BCUT2D eigenvalue weighted by molar-refractivity contribution is -0.127. The van der Waals surface area contributed by atoms with Crippen molar-refractivity contribution in [2.45, 2.75) is 53.1 Å². The van der Waals surface area contributed by atoms with E-state index in [0.717, 1.165) is 32.5 Å². The van der Waals surface area contributed by atoms with E-state index in [-0.39, 0.29) is 17.9 Å². The lowest BCUT2D eigenvalue weighted by Gasteiger charge is -2.32. The first-order chi connectivity index (χ1) is 12.9. The van der Waals surface area contributed by atoms with Gasteiger partial charge in [-0.1, -0.05) is 42.5 Å². The molecule has 0 bridgehead atoms. The summed E-state index contributed by atoms with van der Waals surface area (Å²) < 4.78 is 0. The fourth-order valence-corrected chi connectivity index (χ4v) is 4.05. The number of hydrogen-bond acceptors (Lipinski definition) is 2. The number of nitrogens with one attached hydrogen (secondary N) is 1. The average molecular weight is 365 g/mol. The van der Waals surface area contributed by atoms with Crippen LogP contribution in [0.5, 0.6) is 0 Å². The maximum absolute atomic E-state index is 12.8. The molecular weight excluding hydrogens is 332 g/mol. The van der Waals surface area contributed by atoms with Crippen LogP contribution < -0.4 is 5.32 Å². The Kier molecular flexibility index (Phi) is 6.33. The number of aryl methyl sites for hydroxylation is 3. The van der Waals surface area contributed by atoms with Gasteiger partial charge in [-0.2, -0.15) is 0 Å². The highest BCUT2D eigenvalue weighted by Gasteiger charge is 2.26. The van der Waals surface area contributed by atoms with E-state index < -0.39 is 0 Å². The van der Waals surface area contributed by atoms with Gasteiger partial charge in [0, 0.05) is 12.5 Å². The molecule has 0 aliphatic carbocycles. The number of hydrogen-bond donors (Lipinski definition) is 1. The number of rotatable bonds is 5. The smallest absolute Gasteiger partial charge is 0.223 e. The van der Waals surface area contributed by atoms with E-state index >= 15 is 0 Å². The molecule has 27 heavy (non-hydrogen) atoms. The Morgan fingerprint density at radius 2 is 1.67 bits per heavy atom. The van der Waals surface area contributed by atoms with Crippen molar-refractivity contribution in [2.24, 2.45) is 5.92 Å². The zero-order valence-corrected chi connectivity index (χ0v) is 17.1. The largest absolute Gasteiger partial charge is 0.349 e. The van der Waals surface area contributed by atoms with Crippen molar-refractivity contribution in [3.8, 4) is 0 Å². The molecule has 1 aliphatic heterocycles. The average Bonchev–Trinajstić information content (AvgIpc) is 2.66. The van der Waals surface area contributed by atoms with Crippen LogP contribution in [-0.4, -0.2) is 23.9 Å². The fourth-order valence-electron chi connectivity index (χ4n) is 4.05. The number of benzene rings is 2. The first-order valence-electron chi connectivity index (χ1n) is 10.1. The molecule has 0 saturated carbocycles.